The summed E-state index contributed by atoms with van der Waals surface area (Å²) in [5, 5.41) is 3.02. The molecular weight excluding hydrogens is 230 g/mol. The van der Waals surface area contributed by atoms with Gasteiger partial charge in [-0.1, -0.05) is 30.3 Å². The molecule has 0 bridgehead atoms. The Bertz CT molecular complexity index is 433. The van der Waals surface area contributed by atoms with Crippen molar-refractivity contribution in [1.82, 2.24) is 10.2 Å². The molecule has 2 amide bonds. The molecule has 1 aliphatic heterocycles. The molecule has 5 nitrogen and oxygen atoms in total. The zero-order chi connectivity index (χ0) is 13.0. The van der Waals surface area contributed by atoms with E-state index in [2.05, 4.69) is 5.32 Å². The lowest BCUT2D eigenvalue weighted by molar-refractivity contribution is -0.138. The molecular formula is C13H17N3O2. The van der Waals surface area contributed by atoms with Crippen molar-refractivity contribution in [2.45, 2.75) is 19.0 Å². The van der Waals surface area contributed by atoms with Crippen LogP contribution >= 0.6 is 0 Å². The first-order valence-corrected chi connectivity index (χ1v) is 6.01. The van der Waals surface area contributed by atoms with E-state index in [4.69, 9.17) is 5.73 Å². The third kappa shape index (κ3) is 3.07. The molecule has 5 heteroatoms. The van der Waals surface area contributed by atoms with Gasteiger partial charge in [-0.2, -0.15) is 0 Å². The van der Waals surface area contributed by atoms with Crippen LogP contribution in [0.25, 0.3) is 0 Å². The standard InChI is InChI=1S/C13H17N3O2/c14-12(17)8-11-13(18)16(7-6-15-11)9-10-4-2-1-3-5-10/h1-5,11,15H,6-9H2,(H2,14,17). The fourth-order valence-electron chi connectivity index (χ4n) is 2.11. The molecule has 3 N–H and O–H groups in total. The van der Waals surface area contributed by atoms with Gasteiger partial charge in [0.25, 0.3) is 0 Å². The van der Waals surface area contributed by atoms with Crippen molar-refractivity contribution in [3.63, 3.8) is 0 Å². The number of hydrogen-bond acceptors (Lipinski definition) is 3. The van der Waals surface area contributed by atoms with Gasteiger partial charge in [-0.15, -0.1) is 0 Å². The van der Waals surface area contributed by atoms with E-state index in [1.54, 1.807) is 4.90 Å². The van der Waals surface area contributed by atoms with Gasteiger partial charge in [0.15, 0.2) is 0 Å². The fraction of sp³-hybridized carbons (Fsp3) is 0.385. The lowest BCUT2D eigenvalue weighted by Crippen LogP contribution is -2.55. The second kappa shape index (κ2) is 5.64. The molecule has 18 heavy (non-hydrogen) atoms. The van der Waals surface area contributed by atoms with Crippen molar-refractivity contribution in [2.75, 3.05) is 13.1 Å². The minimum atomic E-state index is -0.472. The van der Waals surface area contributed by atoms with E-state index < -0.39 is 11.9 Å². The SMILES string of the molecule is NC(=O)CC1NCCN(Cc2ccccc2)C1=O. The Kier molecular flexibility index (Phi) is 3.94. The average Bonchev–Trinajstić information content (AvgIpc) is 2.35. The molecule has 0 aromatic heterocycles. The van der Waals surface area contributed by atoms with Crippen molar-refractivity contribution in [2.24, 2.45) is 5.73 Å². The Labute approximate surface area is 106 Å². The number of piperazine rings is 1. The van der Waals surface area contributed by atoms with Crippen LogP contribution in [0.15, 0.2) is 30.3 Å². The number of carbonyl (C=O) groups excluding carboxylic acids is 2. The van der Waals surface area contributed by atoms with Crippen LogP contribution in [0, 0.1) is 0 Å². The highest BCUT2D eigenvalue weighted by molar-refractivity contribution is 5.88. The molecule has 0 spiro atoms. The third-order valence-corrected chi connectivity index (χ3v) is 3.00. The number of nitrogens with zero attached hydrogens (tertiary/aromatic N) is 1. The molecule has 1 aliphatic rings. The van der Waals surface area contributed by atoms with Gasteiger partial charge >= 0.3 is 0 Å². The summed E-state index contributed by atoms with van der Waals surface area (Å²) < 4.78 is 0. The second-order valence-corrected chi connectivity index (χ2v) is 4.42. The summed E-state index contributed by atoms with van der Waals surface area (Å²) in [5.41, 5.74) is 6.22. The summed E-state index contributed by atoms with van der Waals surface area (Å²) in [6.07, 6.45) is 0.0596. The van der Waals surface area contributed by atoms with Gasteiger partial charge in [-0.25, -0.2) is 0 Å². The predicted molar refractivity (Wildman–Crippen MR) is 67.5 cm³/mol. The highest BCUT2D eigenvalue weighted by Crippen LogP contribution is 2.10. The molecule has 1 atom stereocenters. The van der Waals surface area contributed by atoms with Gasteiger partial charge in [0.2, 0.25) is 11.8 Å². The molecule has 1 aromatic rings. The molecule has 1 saturated heterocycles. The van der Waals surface area contributed by atoms with Crippen molar-refractivity contribution in [3.05, 3.63) is 35.9 Å². The maximum absolute atomic E-state index is 12.1. The molecule has 1 aromatic carbocycles. The van der Waals surface area contributed by atoms with Gasteiger partial charge < -0.3 is 16.0 Å². The number of primary amides is 1. The topological polar surface area (TPSA) is 75.4 Å². The van der Waals surface area contributed by atoms with Crippen molar-refractivity contribution >= 4 is 11.8 Å². The zero-order valence-electron chi connectivity index (χ0n) is 10.1. The molecule has 1 unspecified atom stereocenters. The van der Waals surface area contributed by atoms with E-state index in [9.17, 15) is 9.59 Å². The largest absolute Gasteiger partial charge is 0.370 e. The van der Waals surface area contributed by atoms with Crippen LogP contribution in [0.1, 0.15) is 12.0 Å². The van der Waals surface area contributed by atoms with Crippen molar-refractivity contribution in [3.8, 4) is 0 Å². The van der Waals surface area contributed by atoms with E-state index in [1.807, 2.05) is 30.3 Å². The summed E-state index contributed by atoms with van der Waals surface area (Å²) in [6, 6.07) is 9.33. The maximum atomic E-state index is 12.1. The molecule has 0 radical (unpaired) electrons. The van der Waals surface area contributed by atoms with Crippen LogP contribution in [0.3, 0.4) is 0 Å². The highest BCUT2D eigenvalue weighted by atomic mass is 16.2. The van der Waals surface area contributed by atoms with Crippen LogP contribution in [-0.2, 0) is 16.1 Å². The first kappa shape index (κ1) is 12.6. The summed E-state index contributed by atoms with van der Waals surface area (Å²) in [4.78, 5) is 24.8. The second-order valence-electron chi connectivity index (χ2n) is 4.42. The van der Waals surface area contributed by atoms with Crippen LogP contribution in [0.2, 0.25) is 0 Å². The average molecular weight is 247 g/mol. The maximum Gasteiger partial charge on any atom is 0.240 e. The Hall–Kier alpha value is -1.88. The lowest BCUT2D eigenvalue weighted by Gasteiger charge is -2.32. The quantitative estimate of drug-likeness (QED) is 0.777. The Morgan fingerprint density at radius 3 is 2.78 bits per heavy atom. The summed E-state index contributed by atoms with van der Waals surface area (Å²) >= 11 is 0. The fourth-order valence-corrected chi connectivity index (χ4v) is 2.11. The molecule has 96 valence electrons. The van der Waals surface area contributed by atoms with E-state index >= 15 is 0 Å². The molecule has 1 fully saturated rings. The first-order chi connectivity index (χ1) is 8.66. The lowest BCUT2D eigenvalue weighted by atomic mass is 10.1. The summed E-state index contributed by atoms with van der Waals surface area (Å²) in [6.45, 7) is 1.93. The highest BCUT2D eigenvalue weighted by Gasteiger charge is 2.29. The number of amides is 2. The predicted octanol–water partition coefficient (Wildman–Crippen LogP) is -0.138. The number of carbonyl (C=O) groups is 2. The van der Waals surface area contributed by atoms with Crippen LogP contribution in [-0.4, -0.2) is 35.8 Å². The normalized spacial score (nSPS) is 19.9. The summed E-state index contributed by atoms with van der Waals surface area (Å²) in [5.74, 6) is -0.508. The first-order valence-electron chi connectivity index (χ1n) is 6.01. The Morgan fingerprint density at radius 2 is 2.11 bits per heavy atom. The van der Waals surface area contributed by atoms with E-state index in [0.717, 1.165) is 5.56 Å². The van der Waals surface area contributed by atoms with Gasteiger partial charge in [0, 0.05) is 19.6 Å². The number of benzene rings is 1. The van der Waals surface area contributed by atoms with E-state index in [-0.39, 0.29) is 12.3 Å². The number of hydrogen-bond donors (Lipinski definition) is 2. The number of nitrogens with two attached hydrogens (primary N) is 1. The zero-order valence-corrected chi connectivity index (χ0v) is 10.1. The minimum Gasteiger partial charge on any atom is -0.370 e. The molecule has 2 rings (SSSR count). The van der Waals surface area contributed by atoms with Crippen molar-refractivity contribution < 1.29 is 9.59 Å². The van der Waals surface area contributed by atoms with E-state index in [0.29, 0.717) is 19.6 Å². The smallest absolute Gasteiger partial charge is 0.240 e. The van der Waals surface area contributed by atoms with Gasteiger partial charge in [0.1, 0.15) is 0 Å². The summed E-state index contributed by atoms with van der Waals surface area (Å²) in [7, 11) is 0. The van der Waals surface area contributed by atoms with Crippen LogP contribution in [0.5, 0.6) is 0 Å². The Balaban J connectivity index is 2.00. The van der Waals surface area contributed by atoms with Gasteiger partial charge in [-0.3, -0.25) is 9.59 Å². The third-order valence-electron chi connectivity index (χ3n) is 3.00. The number of rotatable bonds is 4. The minimum absolute atomic E-state index is 0.0519. The molecule has 1 heterocycles. The molecule has 0 saturated carbocycles. The Morgan fingerprint density at radius 1 is 1.39 bits per heavy atom. The van der Waals surface area contributed by atoms with Gasteiger partial charge in [-0.05, 0) is 5.56 Å². The monoisotopic (exact) mass is 247 g/mol. The van der Waals surface area contributed by atoms with Crippen LogP contribution < -0.4 is 11.1 Å². The van der Waals surface area contributed by atoms with Crippen LogP contribution in [0.4, 0.5) is 0 Å². The van der Waals surface area contributed by atoms with E-state index in [1.165, 1.54) is 0 Å². The van der Waals surface area contributed by atoms with Crippen molar-refractivity contribution in [1.29, 1.82) is 0 Å². The number of nitrogens with one attached hydrogen (secondary N) is 1. The van der Waals surface area contributed by atoms with Gasteiger partial charge in [0.05, 0.1) is 12.5 Å². The molecule has 0 aliphatic carbocycles.